The molecule has 0 bridgehead atoms. The Morgan fingerprint density at radius 1 is 1.37 bits per heavy atom. The monoisotopic (exact) mass is 325 g/mol. The van der Waals surface area contributed by atoms with Gasteiger partial charge in [-0.15, -0.1) is 0 Å². The third kappa shape index (κ3) is 2.87. The van der Waals surface area contributed by atoms with Crippen LogP contribution in [0.3, 0.4) is 0 Å². The van der Waals surface area contributed by atoms with Crippen LogP contribution in [0.25, 0.3) is 0 Å². The number of nitrogens with zero attached hydrogens (tertiary/aromatic N) is 2. The highest BCUT2D eigenvalue weighted by atomic mass is 79.9. The molecule has 0 aliphatic carbocycles. The van der Waals surface area contributed by atoms with Crippen LogP contribution in [0.2, 0.25) is 0 Å². The summed E-state index contributed by atoms with van der Waals surface area (Å²) in [5.74, 6) is -0.249. The molecule has 19 heavy (non-hydrogen) atoms. The molecule has 0 unspecified atom stereocenters. The van der Waals surface area contributed by atoms with Gasteiger partial charge in [0.2, 0.25) is 0 Å². The highest BCUT2D eigenvalue weighted by Crippen LogP contribution is 2.22. The predicted octanol–water partition coefficient (Wildman–Crippen LogP) is 2.95. The maximum Gasteiger partial charge on any atom is 0.137 e. The Morgan fingerprint density at radius 3 is 2.79 bits per heavy atom. The zero-order valence-corrected chi connectivity index (χ0v) is 12.7. The molecule has 5 heteroatoms. The van der Waals surface area contributed by atoms with Gasteiger partial charge in [0.15, 0.2) is 0 Å². The molecule has 0 saturated heterocycles. The maximum atomic E-state index is 13.5. The van der Waals surface area contributed by atoms with Crippen LogP contribution in [0.15, 0.2) is 22.7 Å². The van der Waals surface area contributed by atoms with Crippen LogP contribution in [0.4, 0.5) is 4.39 Å². The standard InChI is InChI=1S/C14H17BrFN3/c1-9-12(6-7-17)10(2)19(18-9)8-11-4-3-5-13(16)14(11)15/h3-5H,6-8,17H2,1-2H3. The number of rotatable bonds is 4. The van der Waals surface area contributed by atoms with Crippen molar-refractivity contribution in [2.24, 2.45) is 5.73 Å². The normalized spacial score (nSPS) is 11.0. The Bertz CT molecular complexity index is 593. The lowest BCUT2D eigenvalue weighted by Crippen LogP contribution is -2.07. The molecule has 0 amide bonds. The van der Waals surface area contributed by atoms with E-state index in [0.29, 0.717) is 17.6 Å². The van der Waals surface area contributed by atoms with E-state index in [2.05, 4.69) is 21.0 Å². The van der Waals surface area contributed by atoms with Gasteiger partial charge in [0.1, 0.15) is 5.82 Å². The molecule has 3 nitrogen and oxygen atoms in total. The molecule has 0 fully saturated rings. The van der Waals surface area contributed by atoms with Crippen LogP contribution < -0.4 is 5.73 Å². The van der Waals surface area contributed by atoms with Gasteiger partial charge >= 0.3 is 0 Å². The van der Waals surface area contributed by atoms with Crippen molar-refractivity contribution in [3.05, 3.63) is 51.0 Å². The minimum absolute atomic E-state index is 0.249. The Labute approximate surface area is 120 Å². The van der Waals surface area contributed by atoms with E-state index < -0.39 is 0 Å². The molecule has 102 valence electrons. The first kappa shape index (κ1) is 14.2. The average Bonchev–Trinajstić information content (AvgIpc) is 2.63. The Kier molecular flexibility index (Phi) is 4.37. The van der Waals surface area contributed by atoms with E-state index in [4.69, 9.17) is 5.73 Å². The fourth-order valence-electron chi connectivity index (χ4n) is 2.23. The third-order valence-electron chi connectivity index (χ3n) is 3.28. The Morgan fingerprint density at radius 2 is 2.11 bits per heavy atom. The Balaban J connectivity index is 2.34. The largest absolute Gasteiger partial charge is 0.330 e. The van der Waals surface area contributed by atoms with Gasteiger partial charge in [-0.25, -0.2) is 4.39 Å². The van der Waals surface area contributed by atoms with E-state index in [1.54, 1.807) is 6.07 Å². The molecule has 2 aromatic rings. The number of halogens is 2. The molecule has 0 aliphatic rings. The summed E-state index contributed by atoms with van der Waals surface area (Å²) in [5, 5.41) is 4.51. The highest BCUT2D eigenvalue weighted by Gasteiger charge is 2.13. The van der Waals surface area contributed by atoms with Gasteiger partial charge < -0.3 is 5.73 Å². The minimum atomic E-state index is -0.249. The fraction of sp³-hybridized carbons (Fsp3) is 0.357. The van der Waals surface area contributed by atoms with Gasteiger partial charge in [-0.05, 0) is 59.9 Å². The van der Waals surface area contributed by atoms with Gasteiger partial charge in [0.05, 0.1) is 16.7 Å². The van der Waals surface area contributed by atoms with E-state index in [0.717, 1.165) is 23.4 Å². The quantitative estimate of drug-likeness (QED) is 0.939. The zero-order valence-electron chi connectivity index (χ0n) is 11.1. The molecule has 2 N–H and O–H groups in total. The summed E-state index contributed by atoms with van der Waals surface area (Å²) in [6, 6.07) is 5.04. The van der Waals surface area contributed by atoms with Crippen LogP contribution in [0, 0.1) is 19.7 Å². The molecule has 1 aromatic heterocycles. The minimum Gasteiger partial charge on any atom is -0.330 e. The first-order chi connectivity index (χ1) is 9.04. The van der Waals surface area contributed by atoms with Crippen LogP contribution in [0.1, 0.15) is 22.5 Å². The SMILES string of the molecule is Cc1nn(Cc2cccc(F)c2Br)c(C)c1CCN. The summed E-state index contributed by atoms with van der Waals surface area (Å²) < 4.78 is 15.9. The second-order valence-electron chi connectivity index (χ2n) is 4.56. The highest BCUT2D eigenvalue weighted by molar-refractivity contribution is 9.10. The van der Waals surface area contributed by atoms with Crippen LogP contribution in [-0.4, -0.2) is 16.3 Å². The molecular formula is C14H17BrFN3. The number of aryl methyl sites for hydroxylation is 1. The van der Waals surface area contributed by atoms with E-state index >= 15 is 0 Å². The van der Waals surface area contributed by atoms with Crippen LogP contribution >= 0.6 is 15.9 Å². The van der Waals surface area contributed by atoms with Gasteiger partial charge in [0, 0.05) is 5.69 Å². The lowest BCUT2D eigenvalue weighted by molar-refractivity contribution is 0.607. The van der Waals surface area contributed by atoms with Gasteiger partial charge in [-0.3, -0.25) is 4.68 Å². The molecule has 0 radical (unpaired) electrons. The van der Waals surface area contributed by atoms with Crippen molar-refractivity contribution in [2.45, 2.75) is 26.8 Å². The molecule has 1 aromatic carbocycles. The summed E-state index contributed by atoms with van der Waals surface area (Å²) in [6.45, 7) is 5.17. The summed E-state index contributed by atoms with van der Waals surface area (Å²) in [4.78, 5) is 0. The van der Waals surface area contributed by atoms with Gasteiger partial charge in [0.25, 0.3) is 0 Å². The van der Waals surface area contributed by atoms with Gasteiger partial charge in [-0.1, -0.05) is 12.1 Å². The van der Waals surface area contributed by atoms with E-state index in [-0.39, 0.29) is 5.82 Å². The first-order valence-electron chi connectivity index (χ1n) is 6.20. The number of hydrogen-bond donors (Lipinski definition) is 1. The number of hydrogen-bond acceptors (Lipinski definition) is 2. The van der Waals surface area contributed by atoms with Crippen molar-refractivity contribution in [1.82, 2.24) is 9.78 Å². The molecule has 0 spiro atoms. The summed E-state index contributed by atoms with van der Waals surface area (Å²) in [7, 11) is 0. The average molecular weight is 326 g/mol. The van der Waals surface area contributed by atoms with E-state index in [1.807, 2.05) is 24.6 Å². The molecular weight excluding hydrogens is 309 g/mol. The van der Waals surface area contributed by atoms with Crippen molar-refractivity contribution in [3.63, 3.8) is 0 Å². The third-order valence-corrected chi connectivity index (χ3v) is 4.17. The number of nitrogens with two attached hydrogens (primary N) is 1. The van der Waals surface area contributed by atoms with Crippen molar-refractivity contribution >= 4 is 15.9 Å². The summed E-state index contributed by atoms with van der Waals surface area (Å²) >= 11 is 3.28. The van der Waals surface area contributed by atoms with Crippen LogP contribution in [0.5, 0.6) is 0 Å². The van der Waals surface area contributed by atoms with E-state index in [1.165, 1.54) is 11.6 Å². The molecule has 1 heterocycles. The molecule has 0 aliphatic heterocycles. The van der Waals surface area contributed by atoms with Crippen molar-refractivity contribution < 1.29 is 4.39 Å². The van der Waals surface area contributed by atoms with Crippen LogP contribution in [-0.2, 0) is 13.0 Å². The maximum absolute atomic E-state index is 13.5. The summed E-state index contributed by atoms with van der Waals surface area (Å²) in [6.07, 6.45) is 0.821. The fourth-order valence-corrected chi connectivity index (χ4v) is 2.62. The lowest BCUT2D eigenvalue weighted by atomic mass is 10.1. The first-order valence-corrected chi connectivity index (χ1v) is 6.99. The predicted molar refractivity (Wildman–Crippen MR) is 77.7 cm³/mol. The number of aromatic nitrogens is 2. The smallest absolute Gasteiger partial charge is 0.137 e. The van der Waals surface area contributed by atoms with Crippen molar-refractivity contribution in [3.8, 4) is 0 Å². The van der Waals surface area contributed by atoms with Crippen molar-refractivity contribution in [2.75, 3.05) is 6.54 Å². The molecule has 0 saturated carbocycles. The van der Waals surface area contributed by atoms with Crippen molar-refractivity contribution in [1.29, 1.82) is 0 Å². The second kappa shape index (κ2) is 5.84. The molecule has 2 rings (SSSR count). The Hall–Kier alpha value is -1.20. The zero-order chi connectivity index (χ0) is 14.0. The number of benzene rings is 1. The second-order valence-corrected chi connectivity index (χ2v) is 5.35. The van der Waals surface area contributed by atoms with Gasteiger partial charge in [-0.2, -0.15) is 5.10 Å². The summed E-state index contributed by atoms with van der Waals surface area (Å²) in [5.41, 5.74) is 9.77. The topological polar surface area (TPSA) is 43.8 Å². The van der Waals surface area contributed by atoms with E-state index in [9.17, 15) is 4.39 Å². The molecule has 0 atom stereocenters. The lowest BCUT2D eigenvalue weighted by Gasteiger charge is -2.08.